The van der Waals surface area contributed by atoms with Gasteiger partial charge >= 0.3 is 0 Å². The van der Waals surface area contributed by atoms with E-state index in [1.54, 1.807) is 13.0 Å². The van der Waals surface area contributed by atoms with E-state index < -0.39 is 15.9 Å². The molecule has 0 bridgehead atoms. The Bertz CT molecular complexity index is 1260. The third-order valence-corrected chi connectivity index (χ3v) is 8.89. The van der Waals surface area contributed by atoms with Gasteiger partial charge in [0.2, 0.25) is 27.6 Å². The number of amides is 1. The summed E-state index contributed by atoms with van der Waals surface area (Å²) in [5, 5.41) is 6.92. The second kappa shape index (κ2) is 9.36. The average Bonchev–Trinajstić information content (AvgIpc) is 3.40. The molecular weight excluding hydrogens is 460 g/mol. The number of benzene rings is 1. The molecule has 1 fully saturated rings. The van der Waals surface area contributed by atoms with Crippen LogP contribution in [0.5, 0.6) is 0 Å². The number of hydrogen-bond donors (Lipinski definition) is 1. The lowest BCUT2D eigenvalue weighted by Gasteiger charge is -2.31. The summed E-state index contributed by atoms with van der Waals surface area (Å²) >= 11 is 1.32. The maximum atomic E-state index is 13.5. The minimum atomic E-state index is -3.75. The van der Waals surface area contributed by atoms with Crippen molar-refractivity contribution in [2.45, 2.75) is 51.9 Å². The molecule has 1 aromatic carbocycles. The number of nitrogens with one attached hydrogen (secondary N) is 1. The van der Waals surface area contributed by atoms with Gasteiger partial charge in [0.15, 0.2) is 0 Å². The van der Waals surface area contributed by atoms with Crippen LogP contribution in [0, 0.1) is 26.7 Å². The van der Waals surface area contributed by atoms with Gasteiger partial charge in [0.1, 0.15) is 0 Å². The summed E-state index contributed by atoms with van der Waals surface area (Å²) in [6.45, 7) is 8.19. The number of rotatable bonds is 6. The molecule has 2 aromatic heterocycles. The number of hydrogen-bond acceptors (Lipinski definition) is 7. The van der Waals surface area contributed by atoms with Crippen molar-refractivity contribution < 1.29 is 17.7 Å². The van der Waals surface area contributed by atoms with E-state index in [4.69, 9.17) is 4.52 Å². The second-order valence-electron chi connectivity index (χ2n) is 8.46. The van der Waals surface area contributed by atoms with E-state index in [2.05, 4.69) is 15.5 Å². The Morgan fingerprint density at radius 1 is 1.21 bits per heavy atom. The van der Waals surface area contributed by atoms with Crippen LogP contribution in [0.1, 0.15) is 41.7 Å². The van der Waals surface area contributed by atoms with E-state index >= 15 is 0 Å². The number of piperidine rings is 1. The average molecular weight is 489 g/mol. The van der Waals surface area contributed by atoms with E-state index in [0.29, 0.717) is 47.3 Å². The zero-order valence-corrected chi connectivity index (χ0v) is 20.8. The lowest BCUT2D eigenvalue weighted by Crippen LogP contribution is -2.43. The van der Waals surface area contributed by atoms with Crippen LogP contribution in [0.15, 0.2) is 33.7 Å². The summed E-state index contributed by atoms with van der Waals surface area (Å²) in [5.41, 5.74) is 2.87. The Balaban J connectivity index is 1.52. The zero-order chi connectivity index (χ0) is 23.8. The highest BCUT2D eigenvalue weighted by Gasteiger charge is 2.35. The van der Waals surface area contributed by atoms with Crippen LogP contribution in [-0.4, -0.2) is 41.9 Å². The molecule has 0 unspecified atom stereocenters. The normalized spacial score (nSPS) is 17.3. The Labute approximate surface area is 198 Å². The first kappa shape index (κ1) is 23.6. The number of sulfonamides is 1. The number of aromatic nitrogens is 2. The van der Waals surface area contributed by atoms with Gasteiger partial charge in [0, 0.05) is 30.1 Å². The standard InChI is InChI=1S/C23H28N4O4S2/c1-5-21-25-22(26-31-21)19-12-20(16(4)32-19)33(29,30)27-8-6-7-17(13-27)23(28)24-18-10-14(2)9-15(3)11-18/h9-12,17H,5-8,13H2,1-4H3,(H,24,28)/t17-/m1/s1. The molecule has 1 N–H and O–H groups in total. The molecule has 0 aliphatic carbocycles. The lowest BCUT2D eigenvalue weighted by molar-refractivity contribution is -0.120. The van der Waals surface area contributed by atoms with E-state index in [1.807, 2.05) is 39.0 Å². The van der Waals surface area contributed by atoms with Crippen LogP contribution in [0.2, 0.25) is 0 Å². The van der Waals surface area contributed by atoms with Crippen molar-refractivity contribution >= 4 is 33.0 Å². The molecule has 0 spiro atoms. The predicted octanol–water partition coefficient (Wildman–Crippen LogP) is 4.33. The summed E-state index contributed by atoms with van der Waals surface area (Å²) in [6.07, 6.45) is 1.89. The second-order valence-corrected chi connectivity index (χ2v) is 11.6. The first-order valence-corrected chi connectivity index (χ1v) is 13.3. The third-order valence-electron chi connectivity index (χ3n) is 5.73. The van der Waals surface area contributed by atoms with E-state index in [1.165, 1.54) is 15.6 Å². The fourth-order valence-corrected chi connectivity index (χ4v) is 7.14. The van der Waals surface area contributed by atoms with Crippen molar-refractivity contribution in [2.75, 3.05) is 18.4 Å². The van der Waals surface area contributed by atoms with Gasteiger partial charge in [-0.25, -0.2) is 8.42 Å². The largest absolute Gasteiger partial charge is 0.339 e. The van der Waals surface area contributed by atoms with E-state index in [0.717, 1.165) is 16.8 Å². The van der Waals surface area contributed by atoms with Gasteiger partial charge in [-0.05, 0) is 62.9 Å². The van der Waals surface area contributed by atoms with Crippen molar-refractivity contribution in [3.8, 4) is 10.7 Å². The molecule has 0 radical (unpaired) electrons. The number of carbonyl (C=O) groups excluding carboxylic acids is 1. The van der Waals surface area contributed by atoms with Crippen molar-refractivity contribution in [1.29, 1.82) is 0 Å². The van der Waals surface area contributed by atoms with Crippen molar-refractivity contribution in [3.63, 3.8) is 0 Å². The van der Waals surface area contributed by atoms with Gasteiger partial charge in [0.25, 0.3) is 0 Å². The first-order chi connectivity index (χ1) is 15.7. The van der Waals surface area contributed by atoms with Crippen molar-refractivity contribution in [1.82, 2.24) is 14.4 Å². The van der Waals surface area contributed by atoms with E-state index in [9.17, 15) is 13.2 Å². The number of carbonyl (C=O) groups is 1. The maximum Gasteiger partial charge on any atom is 0.244 e. The molecule has 33 heavy (non-hydrogen) atoms. The van der Waals surface area contributed by atoms with Gasteiger partial charge in [-0.2, -0.15) is 9.29 Å². The quantitative estimate of drug-likeness (QED) is 0.554. The molecule has 1 atom stereocenters. The van der Waals surface area contributed by atoms with E-state index in [-0.39, 0.29) is 17.3 Å². The molecule has 176 valence electrons. The molecule has 0 saturated carbocycles. The molecule has 4 rings (SSSR count). The predicted molar refractivity (Wildman–Crippen MR) is 128 cm³/mol. The van der Waals surface area contributed by atoms with Crippen LogP contribution in [0.25, 0.3) is 10.7 Å². The summed E-state index contributed by atoms with van der Waals surface area (Å²) in [7, 11) is -3.75. The molecule has 3 heterocycles. The summed E-state index contributed by atoms with van der Waals surface area (Å²) in [5.74, 6) is 0.346. The maximum absolute atomic E-state index is 13.5. The molecule has 1 aliphatic rings. The Kier molecular flexibility index (Phi) is 6.69. The minimum Gasteiger partial charge on any atom is -0.339 e. The van der Waals surface area contributed by atoms with Gasteiger partial charge in [-0.15, -0.1) is 11.3 Å². The summed E-state index contributed by atoms with van der Waals surface area (Å²) < 4.78 is 33.5. The summed E-state index contributed by atoms with van der Waals surface area (Å²) in [6, 6.07) is 7.49. The lowest BCUT2D eigenvalue weighted by atomic mass is 9.98. The van der Waals surface area contributed by atoms with Crippen molar-refractivity contribution in [3.05, 3.63) is 46.2 Å². The smallest absolute Gasteiger partial charge is 0.244 e. The molecule has 1 aliphatic heterocycles. The number of aryl methyl sites for hydroxylation is 4. The topological polar surface area (TPSA) is 105 Å². The van der Waals surface area contributed by atoms with Crippen LogP contribution in [0.3, 0.4) is 0 Å². The molecular formula is C23H28N4O4S2. The number of thiophene rings is 1. The van der Waals surface area contributed by atoms with Crippen LogP contribution in [0.4, 0.5) is 5.69 Å². The highest BCUT2D eigenvalue weighted by atomic mass is 32.2. The monoisotopic (exact) mass is 488 g/mol. The minimum absolute atomic E-state index is 0.151. The van der Waals surface area contributed by atoms with Crippen LogP contribution >= 0.6 is 11.3 Å². The number of anilines is 1. The Morgan fingerprint density at radius 2 is 1.94 bits per heavy atom. The summed E-state index contributed by atoms with van der Waals surface area (Å²) in [4.78, 5) is 18.8. The molecule has 1 amide bonds. The van der Waals surface area contributed by atoms with Crippen molar-refractivity contribution in [2.24, 2.45) is 5.92 Å². The highest BCUT2D eigenvalue weighted by Crippen LogP contribution is 2.35. The Hall–Kier alpha value is -2.56. The third kappa shape index (κ3) is 5.02. The fraction of sp³-hybridized carbons (Fsp3) is 0.435. The van der Waals surface area contributed by atoms with Gasteiger partial charge < -0.3 is 9.84 Å². The molecule has 3 aromatic rings. The van der Waals surface area contributed by atoms with Gasteiger partial charge in [0.05, 0.1) is 15.7 Å². The molecule has 1 saturated heterocycles. The van der Waals surface area contributed by atoms with Gasteiger partial charge in [-0.1, -0.05) is 18.1 Å². The first-order valence-electron chi connectivity index (χ1n) is 11.0. The number of nitrogens with zero attached hydrogens (tertiary/aromatic N) is 3. The molecule has 10 heteroatoms. The highest BCUT2D eigenvalue weighted by molar-refractivity contribution is 7.89. The van der Waals surface area contributed by atoms with Crippen LogP contribution < -0.4 is 5.32 Å². The zero-order valence-electron chi connectivity index (χ0n) is 19.2. The van der Waals surface area contributed by atoms with Crippen LogP contribution in [-0.2, 0) is 21.2 Å². The molecule has 8 nitrogen and oxygen atoms in total. The van der Waals surface area contributed by atoms with Gasteiger partial charge in [-0.3, -0.25) is 4.79 Å². The SMILES string of the molecule is CCc1nc(-c2cc(S(=O)(=O)N3CCC[C@@H](C(=O)Nc4cc(C)cc(C)c4)C3)c(C)s2)no1. The Morgan fingerprint density at radius 3 is 2.61 bits per heavy atom. The fourth-order valence-electron chi connectivity index (χ4n) is 4.14.